The molecule has 1 aliphatic heterocycles. The molecule has 0 saturated carbocycles. The average Bonchev–Trinajstić information content (AvgIpc) is 3.15. The zero-order valence-corrected chi connectivity index (χ0v) is 17.0. The lowest BCUT2D eigenvalue weighted by Gasteiger charge is -2.30. The molecule has 2 aromatic heterocycles. The van der Waals surface area contributed by atoms with Gasteiger partial charge in [0.05, 0.1) is 17.4 Å². The number of hydrogen-bond acceptors (Lipinski definition) is 6. The highest BCUT2D eigenvalue weighted by Gasteiger charge is 2.32. The standard InChI is InChI=1S/C22H25N7O/c1-28-11-9-16(10-12-28)29-20-17(19(27-29)21(23)30)8-7-14-13-24-22(26-18(14)20)25-15-5-3-2-4-6-15/h2-6,13,16H,7-12H2,1H3,(H2,23,30)(H,24,25,26). The van der Waals surface area contributed by atoms with Gasteiger partial charge in [0.15, 0.2) is 5.69 Å². The number of aromatic nitrogens is 4. The first-order valence-electron chi connectivity index (χ1n) is 10.4. The molecule has 3 aromatic rings. The fourth-order valence-corrected chi connectivity index (χ4v) is 4.42. The number of nitrogens with zero attached hydrogens (tertiary/aromatic N) is 5. The van der Waals surface area contributed by atoms with E-state index in [0.717, 1.165) is 67.0 Å². The van der Waals surface area contributed by atoms with Crippen molar-refractivity contribution in [3.05, 3.63) is 53.3 Å². The van der Waals surface area contributed by atoms with Crippen molar-refractivity contribution in [3.8, 4) is 11.4 Å². The van der Waals surface area contributed by atoms with Gasteiger partial charge in [0.25, 0.3) is 5.91 Å². The summed E-state index contributed by atoms with van der Waals surface area (Å²) in [4.78, 5) is 23.8. The molecule has 5 rings (SSSR count). The quantitative estimate of drug-likeness (QED) is 0.694. The van der Waals surface area contributed by atoms with E-state index in [1.165, 1.54) is 0 Å². The van der Waals surface area contributed by atoms with Crippen molar-refractivity contribution in [1.29, 1.82) is 0 Å². The first-order valence-corrected chi connectivity index (χ1v) is 10.4. The van der Waals surface area contributed by atoms with E-state index in [1.54, 1.807) is 0 Å². The van der Waals surface area contributed by atoms with Crippen LogP contribution in [0.2, 0.25) is 0 Å². The number of likely N-dealkylation sites (tertiary alicyclic amines) is 1. The molecule has 3 heterocycles. The molecular weight excluding hydrogens is 378 g/mol. The molecule has 154 valence electrons. The number of amides is 1. The molecule has 8 heteroatoms. The third kappa shape index (κ3) is 3.33. The zero-order chi connectivity index (χ0) is 20.7. The number of primary amides is 1. The van der Waals surface area contributed by atoms with E-state index in [2.05, 4.69) is 22.2 Å². The molecule has 0 spiro atoms. The Kier molecular flexibility index (Phi) is 4.71. The predicted molar refractivity (Wildman–Crippen MR) is 115 cm³/mol. The molecule has 1 fully saturated rings. The molecule has 8 nitrogen and oxygen atoms in total. The molecule has 1 saturated heterocycles. The van der Waals surface area contributed by atoms with Crippen molar-refractivity contribution in [3.63, 3.8) is 0 Å². The first kappa shape index (κ1) is 18.7. The summed E-state index contributed by atoms with van der Waals surface area (Å²) in [5.41, 5.74) is 10.8. The number of piperidine rings is 1. The van der Waals surface area contributed by atoms with Crippen LogP contribution >= 0.6 is 0 Å². The van der Waals surface area contributed by atoms with Crippen LogP contribution in [0, 0.1) is 0 Å². The number of anilines is 2. The minimum atomic E-state index is -0.474. The molecule has 1 amide bonds. The first-order chi connectivity index (χ1) is 14.6. The Labute approximate surface area is 175 Å². The normalized spacial score (nSPS) is 16.7. The summed E-state index contributed by atoms with van der Waals surface area (Å²) in [6.45, 7) is 2.01. The fraction of sp³-hybridized carbons (Fsp3) is 0.364. The lowest BCUT2D eigenvalue weighted by Crippen LogP contribution is -2.32. The maximum absolute atomic E-state index is 12.1. The maximum atomic E-state index is 12.1. The number of carbonyl (C=O) groups excluding carboxylic acids is 1. The molecule has 2 aliphatic rings. The number of carbonyl (C=O) groups is 1. The van der Waals surface area contributed by atoms with Gasteiger partial charge in [-0.2, -0.15) is 5.10 Å². The Hall–Kier alpha value is -3.26. The minimum Gasteiger partial charge on any atom is -0.364 e. The number of nitrogens with one attached hydrogen (secondary N) is 1. The second-order valence-electron chi connectivity index (χ2n) is 8.08. The lowest BCUT2D eigenvalue weighted by molar-refractivity contribution is 0.0993. The highest BCUT2D eigenvalue weighted by atomic mass is 16.1. The third-order valence-corrected chi connectivity index (χ3v) is 6.04. The van der Waals surface area contributed by atoms with Crippen LogP contribution in [0.3, 0.4) is 0 Å². The Morgan fingerprint density at radius 1 is 1.17 bits per heavy atom. The van der Waals surface area contributed by atoms with Gasteiger partial charge in [-0.25, -0.2) is 9.97 Å². The van der Waals surface area contributed by atoms with Gasteiger partial charge in [0, 0.05) is 17.4 Å². The molecule has 0 bridgehead atoms. The highest BCUT2D eigenvalue weighted by Crippen LogP contribution is 2.38. The Morgan fingerprint density at radius 3 is 2.67 bits per heavy atom. The smallest absolute Gasteiger partial charge is 0.269 e. The number of fused-ring (bicyclic) bond motifs is 3. The van der Waals surface area contributed by atoms with Gasteiger partial charge in [0.2, 0.25) is 5.95 Å². The summed E-state index contributed by atoms with van der Waals surface area (Å²) >= 11 is 0. The molecular formula is C22H25N7O. The SMILES string of the molecule is CN1CCC(n2nc(C(N)=O)c3c2-c2nc(Nc4ccccc4)ncc2CC3)CC1. The van der Waals surface area contributed by atoms with Crippen LogP contribution in [0.5, 0.6) is 0 Å². The van der Waals surface area contributed by atoms with Crippen molar-refractivity contribution in [2.24, 2.45) is 5.73 Å². The predicted octanol–water partition coefficient (Wildman–Crippen LogP) is 2.55. The fourth-order valence-electron chi connectivity index (χ4n) is 4.42. The summed E-state index contributed by atoms with van der Waals surface area (Å²) in [7, 11) is 2.13. The number of nitrogens with two attached hydrogens (primary N) is 1. The zero-order valence-electron chi connectivity index (χ0n) is 17.0. The van der Waals surface area contributed by atoms with E-state index in [4.69, 9.17) is 15.8 Å². The van der Waals surface area contributed by atoms with E-state index < -0.39 is 5.91 Å². The van der Waals surface area contributed by atoms with Crippen LogP contribution in [-0.4, -0.2) is 50.7 Å². The van der Waals surface area contributed by atoms with Crippen LogP contribution < -0.4 is 11.1 Å². The summed E-state index contributed by atoms with van der Waals surface area (Å²) in [5.74, 6) is 0.0580. The highest BCUT2D eigenvalue weighted by molar-refractivity contribution is 5.94. The third-order valence-electron chi connectivity index (χ3n) is 6.04. The van der Waals surface area contributed by atoms with Crippen molar-refractivity contribution >= 4 is 17.5 Å². The summed E-state index contributed by atoms with van der Waals surface area (Å²) in [5, 5.41) is 7.96. The number of benzene rings is 1. The van der Waals surface area contributed by atoms with Gasteiger partial charge >= 0.3 is 0 Å². The largest absolute Gasteiger partial charge is 0.364 e. The minimum absolute atomic E-state index is 0.231. The van der Waals surface area contributed by atoms with Gasteiger partial charge in [0.1, 0.15) is 0 Å². The van der Waals surface area contributed by atoms with E-state index in [1.807, 2.05) is 41.2 Å². The lowest BCUT2D eigenvalue weighted by atomic mass is 9.92. The van der Waals surface area contributed by atoms with Gasteiger partial charge in [-0.1, -0.05) is 18.2 Å². The number of aryl methyl sites for hydroxylation is 1. The second kappa shape index (κ2) is 7.53. The number of rotatable bonds is 4. The average molecular weight is 403 g/mol. The number of para-hydroxylation sites is 1. The molecule has 3 N–H and O–H groups in total. The topological polar surface area (TPSA) is 102 Å². The Morgan fingerprint density at radius 2 is 1.93 bits per heavy atom. The van der Waals surface area contributed by atoms with E-state index in [9.17, 15) is 4.79 Å². The van der Waals surface area contributed by atoms with Crippen LogP contribution in [0.1, 0.15) is 40.5 Å². The Bertz CT molecular complexity index is 1080. The van der Waals surface area contributed by atoms with Crippen LogP contribution in [0.4, 0.5) is 11.6 Å². The molecule has 1 aromatic carbocycles. The summed E-state index contributed by atoms with van der Waals surface area (Å²) in [6, 6.07) is 10.1. The van der Waals surface area contributed by atoms with E-state index in [-0.39, 0.29) is 6.04 Å². The molecule has 0 radical (unpaired) electrons. The van der Waals surface area contributed by atoms with Crippen LogP contribution in [-0.2, 0) is 12.8 Å². The van der Waals surface area contributed by atoms with Crippen molar-refractivity contribution in [2.45, 2.75) is 31.7 Å². The van der Waals surface area contributed by atoms with Gasteiger partial charge in [-0.05, 0) is 63.5 Å². The second-order valence-corrected chi connectivity index (χ2v) is 8.08. The number of hydrogen-bond donors (Lipinski definition) is 2. The summed E-state index contributed by atoms with van der Waals surface area (Å²) in [6.07, 6.45) is 5.35. The monoisotopic (exact) mass is 403 g/mol. The molecule has 1 aliphatic carbocycles. The molecule has 30 heavy (non-hydrogen) atoms. The molecule has 0 atom stereocenters. The maximum Gasteiger partial charge on any atom is 0.269 e. The van der Waals surface area contributed by atoms with Crippen molar-refractivity contribution < 1.29 is 4.79 Å². The summed E-state index contributed by atoms with van der Waals surface area (Å²) < 4.78 is 2.01. The van der Waals surface area contributed by atoms with Crippen LogP contribution in [0.15, 0.2) is 36.5 Å². The van der Waals surface area contributed by atoms with Gasteiger partial charge in [-0.3, -0.25) is 9.48 Å². The van der Waals surface area contributed by atoms with Gasteiger partial charge < -0.3 is 16.0 Å². The molecule has 0 unspecified atom stereocenters. The van der Waals surface area contributed by atoms with E-state index in [0.29, 0.717) is 11.6 Å². The van der Waals surface area contributed by atoms with Gasteiger partial charge in [-0.15, -0.1) is 0 Å². The van der Waals surface area contributed by atoms with Crippen LogP contribution in [0.25, 0.3) is 11.4 Å². The van der Waals surface area contributed by atoms with Crippen molar-refractivity contribution in [2.75, 3.05) is 25.5 Å². The Balaban J connectivity index is 1.59. The van der Waals surface area contributed by atoms with Crippen molar-refractivity contribution in [1.82, 2.24) is 24.6 Å². The van der Waals surface area contributed by atoms with E-state index >= 15 is 0 Å².